The predicted molar refractivity (Wildman–Crippen MR) is 107 cm³/mol. The number of rotatable bonds is 4. The van der Waals surface area contributed by atoms with Crippen molar-refractivity contribution >= 4 is 17.5 Å². The molecule has 152 valence electrons. The number of carbonyl (C=O) groups excluding carboxylic acids is 2. The van der Waals surface area contributed by atoms with E-state index >= 15 is 0 Å². The van der Waals surface area contributed by atoms with Crippen molar-refractivity contribution in [3.63, 3.8) is 0 Å². The number of carbonyl (C=O) groups is 2. The lowest BCUT2D eigenvalue weighted by molar-refractivity contribution is -0.138. The van der Waals surface area contributed by atoms with Gasteiger partial charge in [0.25, 0.3) is 0 Å². The second-order valence-corrected chi connectivity index (χ2v) is 7.48. The molecule has 4 rings (SSSR count). The zero-order chi connectivity index (χ0) is 20.2. The summed E-state index contributed by atoms with van der Waals surface area (Å²) in [7, 11) is 0. The Morgan fingerprint density at radius 3 is 2.52 bits per heavy atom. The molecule has 2 aromatic carbocycles. The number of nitrogens with zero attached hydrogens (tertiary/aromatic N) is 2. The van der Waals surface area contributed by atoms with Gasteiger partial charge >= 0.3 is 0 Å². The molecule has 0 spiro atoms. The highest BCUT2D eigenvalue weighted by molar-refractivity contribution is 5.92. The van der Waals surface area contributed by atoms with E-state index in [2.05, 4.69) is 5.32 Å². The topological polar surface area (TPSA) is 61.9 Å². The number of piperazine rings is 1. The standard InChI is InChI=1S/C22H24FN3O3/c23-18-5-7-19(8-6-18)24-21(27)14-25-9-11-26(12-10-25)22(28)17-13-16-3-1-2-4-20(16)29-15-17/h1-8,17H,9-15H2,(H,24,27). The van der Waals surface area contributed by atoms with E-state index in [-0.39, 0.29) is 30.1 Å². The summed E-state index contributed by atoms with van der Waals surface area (Å²) in [6.07, 6.45) is 0.704. The molecule has 1 atom stereocenters. The smallest absolute Gasteiger partial charge is 0.238 e. The molecular formula is C22H24FN3O3. The first-order valence-electron chi connectivity index (χ1n) is 9.86. The molecule has 0 aliphatic carbocycles. The molecule has 1 fully saturated rings. The maximum Gasteiger partial charge on any atom is 0.238 e. The second kappa shape index (κ2) is 8.61. The number of halogens is 1. The molecular weight excluding hydrogens is 373 g/mol. The molecule has 0 bridgehead atoms. The van der Waals surface area contributed by atoms with E-state index < -0.39 is 0 Å². The Bertz CT molecular complexity index is 879. The van der Waals surface area contributed by atoms with E-state index in [0.29, 0.717) is 44.9 Å². The van der Waals surface area contributed by atoms with Crippen LogP contribution in [0.25, 0.3) is 0 Å². The highest BCUT2D eigenvalue weighted by Crippen LogP contribution is 2.28. The maximum atomic E-state index is 12.9. The number of ether oxygens (including phenoxy) is 1. The molecule has 2 aliphatic heterocycles. The van der Waals surface area contributed by atoms with Crippen LogP contribution in [0.2, 0.25) is 0 Å². The fraction of sp³-hybridized carbons (Fsp3) is 0.364. The lowest BCUT2D eigenvalue weighted by Crippen LogP contribution is -2.52. The third-order valence-corrected chi connectivity index (χ3v) is 5.41. The normalized spacial score (nSPS) is 19.2. The molecule has 29 heavy (non-hydrogen) atoms. The molecule has 6 nitrogen and oxygen atoms in total. The fourth-order valence-corrected chi connectivity index (χ4v) is 3.81. The fourth-order valence-electron chi connectivity index (χ4n) is 3.81. The van der Waals surface area contributed by atoms with E-state index in [0.717, 1.165) is 11.3 Å². The van der Waals surface area contributed by atoms with Gasteiger partial charge in [-0.2, -0.15) is 0 Å². The lowest BCUT2D eigenvalue weighted by atomic mass is 9.95. The van der Waals surface area contributed by atoms with Crippen LogP contribution in [0.3, 0.4) is 0 Å². The third-order valence-electron chi connectivity index (χ3n) is 5.41. The van der Waals surface area contributed by atoms with Gasteiger partial charge in [0.05, 0.1) is 12.5 Å². The summed E-state index contributed by atoms with van der Waals surface area (Å²) >= 11 is 0. The van der Waals surface area contributed by atoms with Gasteiger partial charge in [0.1, 0.15) is 18.2 Å². The van der Waals surface area contributed by atoms with Crippen molar-refractivity contribution in [2.45, 2.75) is 6.42 Å². The minimum atomic E-state index is -0.337. The van der Waals surface area contributed by atoms with Gasteiger partial charge in [-0.1, -0.05) is 18.2 Å². The summed E-state index contributed by atoms with van der Waals surface area (Å²) in [6, 6.07) is 13.5. The van der Waals surface area contributed by atoms with Crippen LogP contribution >= 0.6 is 0 Å². The zero-order valence-corrected chi connectivity index (χ0v) is 16.1. The average Bonchev–Trinajstić information content (AvgIpc) is 2.75. The summed E-state index contributed by atoms with van der Waals surface area (Å²) in [5.41, 5.74) is 1.65. The molecule has 1 unspecified atom stereocenters. The number of amides is 2. The molecule has 1 N–H and O–H groups in total. The first kappa shape index (κ1) is 19.4. The number of hydrogen-bond donors (Lipinski definition) is 1. The quantitative estimate of drug-likeness (QED) is 0.859. The van der Waals surface area contributed by atoms with Crippen molar-refractivity contribution in [1.29, 1.82) is 0 Å². The van der Waals surface area contributed by atoms with Crippen LogP contribution < -0.4 is 10.1 Å². The molecule has 0 saturated carbocycles. The zero-order valence-electron chi connectivity index (χ0n) is 16.1. The van der Waals surface area contributed by atoms with Gasteiger partial charge in [0, 0.05) is 31.9 Å². The van der Waals surface area contributed by atoms with Crippen LogP contribution in [-0.2, 0) is 16.0 Å². The van der Waals surface area contributed by atoms with Crippen LogP contribution in [0, 0.1) is 11.7 Å². The van der Waals surface area contributed by atoms with Gasteiger partial charge in [-0.15, -0.1) is 0 Å². The molecule has 0 radical (unpaired) electrons. The van der Waals surface area contributed by atoms with Gasteiger partial charge in [0.15, 0.2) is 0 Å². The third kappa shape index (κ3) is 4.74. The molecule has 0 aromatic heterocycles. The number of anilines is 1. The van der Waals surface area contributed by atoms with Crippen molar-refractivity contribution in [3.8, 4) is 5.75 Å². The van der Waals surface area contributed by atoms with Gasteiger partial charge in [-0.05, 0) is 42.3 Å². The maximum absolute atomic E-state index is 12.9. The summed E-state index contributed by atoms with van der Waals surface area (Å²) in [5, 5.41) is 2.77. The first-order valence-corrected chi connectivity index (χ1v) is 9.86. The highest BCUT2D eigenvalue weighted by Gasteiger charge is 2.31. The Morgan fingerprint density at radius 2 is 1.76 bits per heavy atom. The van der Waals surface area contributed by atoms with Gasteiger partial charge in [-0.25, -0.2) is 4.39 Å². The highest BCUT2D eigenvalue weighted by atomic mass is 19.1. The van der Waals surface area contributed by atoms with E-state index in [4.69, 9.17) is 4.74 Å². The van der Waals surface area contributed by atoms with Crippen LogP contribution in [-0.4, -0.2) is 60.9 Å². The number of nitrogens with one attached hydrogen (secondary N) is 1. The lowest BCUT2D eigenvalue weighted by Gasteiger charge is -2.37. The van der Waals surface area contributed by atoms with Crippen LogP contribution in [0.5, 0.6) is 5.75 Å². The molecule has 2 amide bonds. The van der Waals surface area contributed by atoms with E-state index in [9.17, 15) is 14.0 Å². The summed E-state index contributed by atoms with van der Waals surface area (Å²) in [5.74, 6) is 0.353. The first-order chi connectivity index (χ1) is 14.1. The van der Waals surface area contributed by atoms with Crippen molar-refractivity contribution in [2.24, 2.45) is 5.92 Å². The number of fused-ring (bicyclic) bond motifs is 1. The summed E-state index contributed by atoms with van der Waals surface area (Å²) < 4.78 is 18.7. The van der Waals surface area contributed by atoms with Crippen LogP contribution in [0.15, 0.2) is 48.5 Å². The van der Waals surface area contributed by atoms with E-state index in [1.807, 2.05) is 34.1 Å². The van der Waals surface area contributed by atoms with Crippen molar-refractivity contribution in [3.05, 3.63) is 59.9 Å². The Hall–Kier alpha value is -2.93. The minimum Gasteiger partial charge on any atom is -0.492 e. The average molecular weight is 397 g/mol. The molecule has 2 heterocycles. The second-order valence-electron chi connectivity index (χ2n) is 7.48. The van der Waals surface area contributed by atoms with Gasteiger partial charge in [-0.3, -0.25) is 14.5 Å². The van der Waals surface area contributed by atoms with Crippen LogP contribution in [0.4, 0.5) is 10.1 Å². The largest absolute Gasteiger partial charge is 0.492 e. The monoisotopic (exact) mass is 397 g/mol. The van der Waals surface area contributed by atoms with E-state index in [1.54, 1.807) is 0 Å². The Kier molecular flexibility index (Phi) is 5.76. The number of para-hydroxylation sites is 1. The number of benzene rings is 2. The SMILES string of the molecule is O=C(CN1CCN(C(=O)C2COc3ccccc3C2)CC1)Nc1ccc(F)cc1. The van der Waals surface area contributed by atoms with Crippen molar-refractivity contribution in [1.82, 2.24) is 9.80 Å². The Labute approximate surface area is 169 Å². The molecule has 2 aliphatic rings. The summed E-state index contributed by atoms with van der Waals surface area (Å²) in [6.45, 7) is 3.15. The van der Waals surface area contributed by atoms with Gasteiger partial charge in [0.2, 0.25) is 11.8 Å². The minimum absolute atomic E-state index is 0.120. The Balaban J connectivity index is 1.24. The van der Waals surface area contributed by atoms with Crippen molar-refractivity contribution in [2.75, 3.05) is 44.6 Å². The number of hydrogen-bond acceptors (Lipinski definition) is 4. The predicted octanol–water partition coefficient (Wildman–Crippen LogP) is 2.16. The Morgan fingerprint density at radius 1 is 1.03 bits per heavy atom. The molecule has 1 saturated heterocycles. The summed E-state index contributed by atoms with van der Waals surface area (Å²) in [4.78, 5) is 29.0. The molecule has 7 heteroatoms. The van der Waals surface area contributed by atoms with E-state index in [1.165, 1.54) is 24.3 Å². The molecule has 2 aromatic rings. The van der Waals surface area contributed by atoms with Gasteiger partial charge < -0.3 is 15.0 Å². The van der Waals surface area contributed by atoms with Crippen LogP contribution in [0.1, 0.15) is 5.56 Å². The van der Waals surface area contributed by atoms with Crippen molar-refractivity contribution < 1.29 is 18.7 Å².